The number of methoxy groups -OCH3 is 1. The predicted octanol–water partition coefficient (Wildman–Crippen LogP) is 3.59. The van der Waals surface area contributed by atoms with Gasteiger partial charge in [0.15, 0.2) is 11.5 Å². The Morgan fingerprint density at radius 3 is 2.46 bits per heavy atom. The van der Waals surface area contributed by atoms with Crippen molar-refractivity contribution >= 4 is 28.3 Å². The van der Waals surface area contributed by atoms with Crippen molar-refractivity contribution in [3.8, 4) is 11.5 Å². The van der Waals surface area contributed by atoms with Gasteiger partial charge in [-0.2, -0.15) is 0 Å². The molecule has 4 nitrogen and oxygen atoms in total. The molecule has 0 saturated heterocycles. The Morgan fingerprint density at radius 1 is 1.12 bits per heavy atom. The Bertz CT molecular complexity index is 626. The summed E-state index contributed by atoms with van der Waals surface area (Å²) in [5, 5.41) is 10.1. The molecule has 2 aromatic rings. The van der Waals surface area contributed by atoms with Crippen molar-refractivity contribution in [1.29, 1.82) is 0 Å². The summed E-state index contributed by atoms with van der Waals surface area (Å²) >= 11 is 3.46. The maximum atomic E-state index is 10.1. The van der Waals surface area contributed by atoms with E-state index in [1.165, 1.54) is 5.56 Å². The number of phenols is 1. The van der Waals surface area contributed by atoms with Gasteiger partial charge in [-0.05, 0) is 39.5 Å². The maximum Gasteiger partial charge on any atom is 0.172 e. The van der Waals surface area contributed by atoms with Gasteiger partial charge in [0.2, 0.25) is 0 Å². The number of benzene rings is 2. The zero-order chi connectivity index (χ0) is 16.7. The van der Waals surface area contributed by atoms with E-state index in [9.17, 15) is 5.11 Å². The standard InChI is InChI=1S/C18H23BrN2O2.ClH/c1-23-16-8-7-15(17(19)18(16)22)13-21(12-10-20)11-9-14-5-3-2-4-6-14;/h2-8,22H,9-13,20H2,1H3;1H. The number of rotatable bonds is 8. The highest BCUT2D eigenvalue weighted by Crippen LogP contribution is 2.36. The molecular weight excluding hydrogens is 392 g/mol. The van der Waals surface area contributed by atoms with Crippen molar-refractivity contribution in [3.05, 3.63) is 58.1 Å². The predicted molar refractivity (Wildman–Crippen MR) is 104 cm³/mol. The second-order valence-corrected chi connectivity index (χ2v) is 6.18. The highest BCUT2D eigenvalue weighted by molar-refractivity contribution is 9.10. The molecule has 0 unspecified atom stereocenters. The second kappa shape index (κ2) is 10.6. The van der Waals surface area contributed by atoms with Crippen LogP contribution in [0, 0.1) is 0 Å². The van der Waals surface area contributed by atoms with Gasteiger partial charge in [-0.25, -0.2) is 0 Å². The Balaban J connectivity index is 0.00000288. The van der Waals surface area contributed by atoms with Crippen molar-refractivity contribution in [3.63, 3.8) is 0 Å². The summed E-state index contributed by atoms with van der Waals surface area (Å²) in [6.07, 6.45) is 0.973. The van der Waals surface area contributed by atoms with Gasteiger partial charge in [0.1, 0.15) is 0 Å². The number of phenolic OH excluding ortho intramolecular Hbond substituents is 1. The van der Waals surface area contributed by atoms with E-state index in [0.717, 1.165) is 31.6 Å². The third-order valence-electron chi connectivity index (χ3n) is 3.78. The first-order valence-corrected chi connectivity index (χ1v) is 8.45. The Morgan fingerprint density at radius 2 is 1.83 bits per heavy atom. The normalized spacial score (nSPS) is 10.5. The molecule has 0 saturated carbocycles. The van der Waals surface area contributed by atoms with Crippen molar-refractivity contribution in [1.82, 2.24) is 4.90 Å². The lowest BCUT2D eigenvalue weighted by Crippen LogP contribution is -2.31. The largest absolute Gasteiger partial charge is 0.503 e. The Hall–Kier alpha value is -1.27. The van der Waals surface area contributed by atoms with Crippen LogP contribution in [-0.2, 0) is 13.0 Å². The molecule has 0 aromatic heterocycles. The van der Waals surface area contributed by atoms with Crippen LogP contribution < -0.4 is 10.5 Å². The molecule has 3 N–H and O–H groups in total. The summed E-state index contributed by atoms with van der Waals surface area (Å²) in [5.41, 5.74) is 8.07. The summed E-state index contributed by atoms with van der Waals surface area (Å²) in [6, 6.07) is 14.2. The zero-order valence-corrected chi connectivity index (χ0v) is 16.1. The molecular formula is C18H24BrClN2O2. The number of hydrogen-bond donors (Lipinski definition) is 2. The van der Waals surface area contributed by atoms with Crippen molar-refractivity contribution in [2.75, 3.05) is 26.7 Å². The number of ether oxygens (including phenoxy) is 1. The number of halogens is 2. The van der Waals surface area contributed by atoms with Crippen LogP contribution in [-0.4, -0.2) is 36.8 Å². The van der Waals surface area contributed by atoms with Gasteiger partial charge in [-0.3, -0.25) is 4.90 Å². The molecule has 0 atom stereocenters. The summed E-state index contributed by atoms with van der Waals surface area (Å²) < 4.78 is 5.80. The van der Waals surface area contributed by atoms with E-state index < -0.39 is 0 Å². The molecule has 0 bridgehead atoms. The minimum atomic E-state index is 0. The Kier molecular flexibility index (Phi) is 9.14. The van der Waals surface area contributed by atoms with Crippen molar-refractivity contribution < 1.29 is 9.84 Å². The van der Waals surface area contributed by atoms with Crippen LogP contribution in [0.1, 0.15) is 11.1 Å². The fourth-order valence-corrected chi connectivity index (χ4v) is 2.95. The van der Waals surface area contributed by atoms with Crippen molar-refractivity contribution in [2.45, 2.75) is 13.0 Å². The van der Waals surface area contributed by atoms with E-state index in [1.54, 1.807) is 13.2 Å². The van der Waals surface area contributed by atoms with Gasteiger partial charge in [-0.15, -0.1) is 12.4 Å². The first-order valence-electron chi connectivity index (χ1n) is 7.66. The van der Waals surface area contributed by atoms with Crippen molar-refractivity contribution in [2.24, 2.45) is 5.73 Å². The zero-order valence-electron chi connectivity index (χ0n) is 13.7. The van der Waals surface area contributed by atoms with Crippen LogP contribution in [0.3, 0.4) is 0 Å². The fourth-order valence-electron chi connectivity index (χ4n) is 2.50. The summed E-state index contributed by atoms with van der Waals surface area (Å²) in [4.78, 5) is 2.29. The lowest BCUT2D eigenvalue weighted by Gasteiger charge is -2.23. The molecule has 0 aliphatic heterocycles. The van der Waals surface area contributed by atoms with Crippen LogP contribution >= 0.6 is 28.3 Å². The molecule has 0 amide bonds. The average molecular weight is 416 g/mol. The van der Waals surface area contributed by atoms with Gasteiger partial charge in [-0.1, -0.05) is 36.4 Å². The highest BCUT2D eigenvalue weighted by Gasteiger charge is 2.13. The lowest BCUT2D eigenvalue weighted by atomic mass is 10.1. The quantitative estimate of drug-likeness (QED) is 0.692. The maximum absolute atomic E-state index is 10.1. The van der Waals surface area contributed by atoms with E-state index in [0.29, 0.717) is 16.8 Å². The van der Waals surface area contributed by atoms with Gasteiger partial charge >= 0.3 is 0 Å². The van der Waals surface area contributed by atoms with Gasteiger partial charge in [0.05, 0.1) is 11.6 Å². The smallest absolute Gasteiger partial charge is 0.172 e. The minimum absolute atomic E-state index is 0. The molecule has 0 radical (unpaired) electrons. The summed E-state index contributed by atoms with van der Waals surface area (Å²) in [7, 11) is 1.54. The average Bonchev–Trinajstić information content (AvgIpc) is 2.58. The van der Waals surface area contributed by atoms with Crippen LogP contribution in [0.2, 0.25) is 0 Å². The van der Waals surface area contributed by atoms with Crippen LogP contribution in [0.25, 0.3) is 0 Å². The topological polar surface area (TPSA) is 58.7 Å². The number of aromatic hydroxyl groups is 1. The van der Waals surface area contributed by atoms with Gasteiger partial charge in [0.25, 0.3) is 0 Å². The monoisotopic (exact) mass is 414 g/mol. The minimum Gasteiger partial charge on any atom is -0.503 e. The molecule has 0 fully saturated rings. The molecule has 24 heavy (non-hydrogen) atoms. The molecule has 6 heteroatoms. The van der Waals surface area contributed by atoms with E-state index in [4.69, 9.17) is 10.5 Å². The summed E-state index contributed by atoms with van der Waals surface area (Å²) in [5.74, 6) is 0.607. The molecule has 132 valence electrons. The third kappa shape index (κ3) is 5.67. The van der Waals surface area contributed by atoms with Crippen LogP contribution in [0.15, 0.2) is 46.9 Å². The van der Waals surface area contributed by atoms with Crippen LogP contribution in [0.5, 0.6) is 11.5 Å². The van der Waals surface area contributed by atoms with Crippen LogP contribution in [0.4, 0.5) is 0 Å². The molecule has 0 spiro atoms. The third-order valence-corrected chi connectivity index (χ3v) is 4.66. The Labute approximate surface area is 158 Å². The SMILES string of the molecule is COc1ccc(CN(CCN)CCc2ccccc2)c(Br)c1O.Cl. The van der Waals surface area contributed by atoms with Gasteiger partial charge in [0, 0.05) is 26.2 Å². The second-order valence-electron chi connectivity index (χ2n) is 5.39. The van der Waals surface area contributed by atoms with E-state index in [2.05, 4.69) is 45.1 Å². The molecule has 2 rings (SSSR count). The number of nitrogens with two attached hydrogens (primary N) is 1. The lowest BCUT2D eigenvalue weighted by molar-refractivity contribution is 0.275. The molecule has 2 aromatic carbocycles. The van der Waals surface area contributed by atoms with Gasteiger partial charge < -0.3 is 15.6 Å². The van der Waals surface area contributed by atoms with E-state index >= 15 is 0 Å². The first-order chi connectivity index (χ1) is 11.2. The number of nitrogens with zero attached hydrogens (tertiary/aromatic N) is 1. The molecule has 0 heterocycles. The van der Waals surface area contributed by atoms with E-state index in [1.807, 2.05) is 12.1 Å². The van der Waals surface area contributed by atoms with E-state index in [-0.39, 0.29) is 18.2 Å². The molecule has 0 aliphatic carbocycles. The molecule has 0 aliphatic rings. The highest BCUT2D eigenvalue weighted by atomic mass is 79.9. The fraction of sp³-hybridized carbons (Fsp3) is 0.333. The summed E-state index contributed by atoms with van der Waals surface area (Å²) in [6.45, 7) is 3.06. The number of hydrogen-bond acceptors (Lipinski definition) is 4. The first kappa shape index (κ1) is 20.8.